The monoisotopic (exact) mass is 402 g/mol. The number of carbonyl (C=O) groups excluding carboxylic acids is 1. The van der Waals surface area contributed by atoms with Gasteiger partial charge in [-0.15, -0.1) is 0 Å². The van der Waals surface area contributed by atoms with Gasteiger partial charge in [0.05, 0.1) is 12.2 Å². The summed E-state index contributed by atoms with van der Waals surface area (Å²) in [5.41, 5.74) is 2.24. The zero-order valence-corrected chi connectivity index (χ0v) is 19.2. The second kappa shape index (κ2) is 7.70. The van der Waals surface area contributed by atoms with Crippen molar-refractivity contribution >= 4 is 5.97 Å². The van der Waals surface area contributed by atoms with E-state index in [-0.39, 0.29) is 18.2 Å². The van der Waals surface area contributed by atoms with E-state index in [1.165, 1.54) is 32.1 Å². The molecule has 4 aliphatic rings. The van der Waals surface area contributed by atoms with Crippen LogP contribution < -0.4 is 0 Å². The second-order valence-electron chi connectivity index (χ2n) is 11.6. The molecule has 3 heteroatoms. The predicted octanol–water partition coefficient (Wildman–Crippen LogP) is 5.90. The maximum atomic E-state index is 12.3. The Kier molecular flexibility index (Phi) is 5.68. The van der Waals surface area contributed by atoms with E-state index >= 15 is 0 Å². The summed E-state index contributed by atoms with van der Waals surface area (Å²) in [7, 11) is 0. The molecular formula is C26H42O3. The first kappa shape index (κ1) is 21.4. The molecule has 0 amide bonds. The van der Waals surface area contributed by atoms with Crippen LogP contribution in [0.25, 0.3) is 0 Å². The van der Waals surface area contributed by atoms with Crippen LogP contribution in [0, 0.1) is 40.4 Å². The predicted molar refractivity (Wildman–Crippen MR) is 116 cm³/mol. The first-order chi connectivity index (χ1) is 13.6. The molecule has 3 saturated carbocycles. The number of fused-ring (bicyclic) bond motifs is 5. The summed E-state index contributed by atoms with van der Waals surface area (Å²) in [4.78, 5) is 12.3. The van der Waals surface area contributed by atoms with Gasteiger partial charge in [0.1, 0.15) is 0 Å². The van der Waals surface area contributed by atoms with Crippen molar-refractivity contribution in [1.82, 2.24) is 0 Å². The molecule has 0 aromatic carbocycles. The fourth-order valence-corrected chi connectivity index (χ4v) is 8.33. The highest BCUT2D eigenvalue weighted by Crippen LogP contribution is 2.67. The van der Waals surface area contributed by atoms with Gasteiger partial charge in [-0.05, 0) is 106 Å². The number of hydrogen-bond acceptors (Lipinski definition) is 3. The van der Waals surface area contributed by atoms with Crippen molar-refractivity contribution in [3.63, 3.8) is 0 Å². The van der Waals surface area contributed by atoms with Crippen molar-refractivity contribution in [2.75, 3.05) is 0 Å². The quantitative estimate of drug-likeness (QED) is 0.470. The Labute approximate surface area is 177 Å². The van der Waals surface area contributed by atoms with E-state index in [4.69, 9.17) is 4.74 Å². The minimum atomic E-state index is -0.123. The second-order valence-corrected chi connectivity index (χ2v) is 11.6. The Bertz CT molecular complexity index is 667. The van der Waals surface area contributed by atoms with Crippen LogP contribution in [-0.2, 0) is 9.53 Å². The average molecular weight is 403 g/mol. The smallest absolute Gasteiger partial charge is 0.306 e. The van der Waals surface area contributed by atoms with Gasteiger partial charge in [0.2, 0.25) is 0 Å². The van der Waals surface area contributed by atoms with E-state index in [1.54, 1.807) is 5.57 Å². The van der Waals surface area contributed by atoms with E-state index in [1.807, 2.05) is 13.8 Å². The molecule has 0 heterocycles. The number of aliphatic hydroxyl groups excluding tert-OH is 1. The molecule has 0 bridgehead atoms. The van der Waals surface area contributed by atoms with Crippen LogP contribution in [0.2, 0.25) is 0 Å². The van der Waals surface area contributed by atoms with Crippen molar-refractivity contribution in [2.24, 2.45) is 40.4 Å². The third-order valence-corrected chi connectivity index (χ3v) is 9.69. The Morgan fingerprint density at radius 1 is 1.14 bits per heavy atom. The van der Waals surface area contributed by atoms with Gasteiger partial charge in [-0.25, -0.2) is 0 Å². The third kappa shape index (κ3) is 3.60. The van der Waals surface area contributed by atoms with Crippen LogP contribution >= 0.6 is 0 Å². The number of ether oxygens (including phenoxy) is 1. The van der Waals surface area contributed by atoms with Crippen LogP contribution in [0.15, 0.2) is 11.6 Å². The van der Waals surface area contributed by atoms with Gasteiger partial charge in [0, 0.05) is 6.42 Å². The maximum absolute atomic E-state index is 12.3. The summed E-state index contributed by atoms with van der Waals surface area (Å²) in [5.74, 6) is 3.39. The Morgan fingerprint density at radius 2 is 1.90 bits per heavy atom. The van der Waals surface area contributed by atoms with E-state index in [0.717, 1.165) is 37.0 Å². The molecule has 8 atom stereocenters. The summed E-state index contributed by atoms with van der Waals surface area (Å²) in [5, 5.41) is 10.2. The number of esters is 1. The number of hydrogen-bond donors (Lipinski definition) is 1. The lowest BCUT2D eigenvalue weighted by atomic mass is 9.47. The highest BCUT2D eigenvalue weighted by molar-refractivity contribution is 5.69. The van der Waals surface area contributed by atoms with Gasteiger partial charge in [-0.1, -0.05) is 32.4 Å². The van der Waals surface area contributed by atoms with Crippen LogP contribution in [0.1, 0.15) is 92.4 Å². The number of rotatable bonds is 4. The first-order valence-electron chi connectivity index (χ1n) is 12.2. The number of allylic oxidation sites excluding steroid dienone is 1. The van der Waals surface area contributed by atoms with Gasteiger partial charge < -0.3 is 9.84 Å². The van der Waals surface area contributed by atoms with E-state index in [2.05, 4.69) is 26.8 Å². The van der Waals surface area contributed by atoms with Gasteiger partial charge in [-0.2, -0.15) is 0 Å². The fourth-order valence-electron chi connectivity index (χ4n) is 8.33. The molecular weight excluding hydrogens is 360 g/mol. The standard InChI is InChI=1S/C26H42O3/c1-16(2)29-24(28)14-17(3)21-8-9-22-20-7-6-18-15-19(27)10-12-25(18,4)23(20)11-13-26(21,22)5/h6,16-17,19-23,27H,7-15H2,1-5H3/t17-,19+,20+,21-,22+,23+,25+,26-/m1/s1. The average Bonchev–Trinajstić information content (AvgIpc) is 2.99. The SMILES string of the molecule is CC(C)OC(=O)C[C@@H](C)[C@H]1CC[C@H]2[C@@H]3CC=C4C[C@@H](O)CC[C@]4(C)[C@H]3CC[C@]12C. The molecule has 0 unspecified atom stereocenters. The summed E-state index contributed by atoms with van der Waals surface area (Å²) >= 11 is 0. The van der Waals surface area contributed by atoms with Crippen molar-refractivity contribution < 1.29 is 14.6 Å². The molecule has 0 aliphatic heterocycles. The maximum Gasteiger partial charge on any atom is 0.306 e. The topological polar surface area (TPSA) is 46.5 Å². The number of aliphatic hydroxyl groups is 1. The summed E-state index contributed by atoms with van der Waals surface area (Å²) in [6.07, 6.45) is 12.4. The van der Waals surface area contributed by atoms with E-state index in [0.29, 0.717) is 29.1 Å². The summed E-state index contributed by atoms with van der Waals surface area (Å²) in [6.45, 7) is 11.2. The molecule has 29 heavy (non-hydrogen) atoms. The molecule has 0 saturated heterocycles. The normalized spacial score (nSPS) is 45.1. The van der Waals surface area contributed by atoms with Crippen LogP contribution in [-0.4, -0.2) is 23.3 Å². The lowest BCUT2D eigenvalue weighted by molar-refractivity contribution is -0.149. The highest BCUT2D eigenvalue weighted by atomic mass is 16.5. The molecule has 0 radical (unpaired) electrons. The van der Waals surface area contributed by atoms with Crippen molar-refractivity contribution in [3.8, 4) is 0 Å². The van der Waals surface area contributed by atoms with Crippen LogP contribution in [0.5, 0.6) is 0 Å². The molecule has 164 valence electrons. The highest BCUT2D eigenvalue weighted by Gasteiger charge is 2.59. The van der Waals surface area contributed by atoms with Crippen molar-refractivity contribution in [2.45, 2.75) is 105 Å². The molecule has 0 aromatic heterocycles. The molecule has 3 nitrogen and oxygen atoms in total. The minimum Gasteiger partial charge on any atom is -0.463 e. The Balaban J connectivity index is 1.51. The number of carbonyl (C=O) groups is 1. The van der Waals surface area contributed by atoms with Crippen molar-refractivity contribution in [3.05, 3.63) is 11.6 Å². The third-order valence-electron chi connectivity index (χ3n) is 9.69. The van der Waals surface area contributed by atoms with Gasteiger partial charge >= 0.3 is 5.97 Å². The van der Waals surface area contributed by atoms with Gasteiger partial charge in [0.15, 0.2) is 0 Å². The van der Waals surface area contributed by atoms with E-state index in [9.17, 15) is 9.90 Å². The summed E-state index contributed by atoms with van der Waals surface area (Å²) in [6, 6.07) is 0. The largest absolute Gasteiger partial charge is 0.463 e. The van der Waals surface area contributed by atoms with E-state index < -0.39 is 0 Å². The molecule has 0 aromatic rings. The molecule has 3 fully saturated rings. The summed E-state index contributed by atoms with van der Waals surface area (Å²) < 4.78 is 5.45. The van der Waals surface area contributed by atoms with Crippen LogP contribution in [0.3, 0.4) is 0 Å². The fraction of sp³-hybridized carbons (Fsp3) is 0.885. The molecule has 0 spiro atoms. The minimum absolute atomic E-state index is 0.0185. The lowest BCUT2D eigenvalue weighted by Crippen LogP contribution is -2.50. The van der Waals surface area contributed by atoms with Crippen molar-refractivity contribution in [1.29, 1.82) is 0 Å². The zero-order chi connectivity index (χ0) is 21.0. The molecule has 4 aliphatic carbocycles. The first-order valence-corrected chi connectivity index (χ1v) is 12.2. The van der Waals surface area contributed by atoms with Crippen LogP contribution in [0.4, 0.5) is 0 Å². The van der Waals surface area contributed by atoms with Gasteiger partial charge in [-0.3, -0.25) is 4.79 Å². The lowest BCUT2D eigenvalue weighted by Gasteiger charge is -2.58. The molecule has 4 rings (SSSR count). The zero-order valence-electron chi connectivity index (χ0n) is 19.2. The Hall–Kier alpha value is -0.830. The Morgan fingerprint density at radius 3 is 2.62 bits per heavy atom. The molecule has 1 N–H and O–H groups in total. The van der Waals surface area contributed by atoms with Gasteiger partial charge in [0.25, 0.3) is 0 Å².